The summed E-state index contributed by atoms with van der Waals surface area (Å²) >= 11 is 5.22. The first-order chi connectivity index (χ1) is 4.72. The molecule has 0 aliphatic carbocycles. The topological polar surface area (TPSA) is 26.3 Å². The minimum atomic E-state index is -0.401. The van der Waals surface area contributed by atoms with Crippen LogP contribution in [0.15, 0.2) is 0 Å². The van der Waals surface area contributed by atoms with Crippen molar-refractivity contribution in [2.45, 2.75) is 32.8 Å². The van der Waals surface area contributed by atoms with Crippen LogP contribution in [0.5, 0.6) is 0 Å². The maximum absolute atomic E-state index is 10.5. The van der Waals surface area contributed by atoms with Crippen molar-refractivity contribution in [3.05, 3.63) is 0 Å². The molecule has 0 spiro atoms. The molecule has 1 atom stereocenters. The van der Waals surface area contributed by atoms with Gasteiger partial charge in [-0.15, -0.1) is 0 Å². The Morgan fingerprint density at radius 2 is 2.20 bits per heavy atom. The summed E-state index contributed by atoms with van der Waals surface area (Å²) in [6, 6.07) is 0. The van der Waals surface area contributed by atoms with Gasteiger partial charge in [-0.3, -0.25) is 4.79 Å². The third-order valence-electron chi connectivity index (χ3n) is 1.15. The molecule has 0 rings (SSSR count). The van der Waals surface area contributed by atoms with Crippen molar-refractivity contribution in [3.63, 3.8) is 0 Å². The summed E-state index contributed by atoms with van der Waals surface area (Å²) in [5, 5.41) is -0.393. The number of rotatable bonds is 5. The van der Waals surface area contributed by atoms with Crippen LogP contribution in [0.1, 0.15) is 26.7 Å². The summed E-state index contributed by atoms with van der Waals surface area (Å²) in [5.41, 5.74) is 0. The molecule has 0 aromatic carbocycles. The highest BCUT2D eigenvalue weighted by molar-refractivity contribution is 6.64. The quantitative estimate of drug-likeness (QED) is 0.581. The fourth-order valence-corrected chi connectivity index (χ4v) is 0.821. The molecule has 0 aliphatic rings. The molecule has 0 aromatic rings. The van der Waals surface area contributed by atoms with Gasteiger partial charge in [0.2, 0.25) is 5.24 Å². The largest absolute Gasteiger partial charge is 0.369 e. The average Bonchev–Trinajstić information content (AvgIpc) is 1.89. The Kier molecular flexibility index (Phi) is 5.64. The zero-order valence-electron chi connectivity index (χ0n) is 6.39. The molecule has 0 saturated carbocycles. The van der Waals surface area contributed by atoms with E-state index in [0.29, 0.717) is 13.0 Å². The van der Waals surface area contributed by atoms with E-state index >= 15 is 0 Å². The second-order valence-electron chi connectivity index (χ2n) is 2.07. The summed E-state index contributed by atoms with van der Waals surface area (Å²) in [4.78, 5) is 10.5. The molecular formula is C7H13ClO2. The summed E-state index contributed by atoms with van der Waals surface area (Å²) < 4.78 is 5.12. The Labute approximate surface area is 66.5 Å². The van der Waals surface area contributed by atoms with Crippen molar-refractivity contribution in [2.75, 3.05) is 6.61 Å². The van der Waals surface area contributed by atoms with E-state index in [1.54, 1.807) is 0 Å². The minimum Gasteiger partial charge on any atom is -0.369 e. The maximum atomic E-state index is 10.5. The molecule has 1 unspecified atom stereocenters. The van der Waals surface area contributed by atoms with E-state index in [2.05, 4.69) is 0 Å². The van der Waals surface area contributed by atoms with Gasteiger partial charge in [0.05, 0.1) is 0 Å². The van der Waals surface area contributed by atoms with Crippen LogP contribution in [-0.2, 0) is 9.53 Å². The summed E-state index contributed by atoms with van der Waals surface area (Å²) in [5.74, 6) is 0. The SMILES string of the molecule is CCCOC(CC)C(=O)Cl. The molecule has 60 valence electrons. The summed E-state index contributed by atoms with van der Waals surface area (Å²) in [6.07, 6.45) is 1.17. The lowest BCUT2D eigenvalue weighted by Gasteiger charge is -2.09. The van der Waals surface area contributed by atoms with E-state index in [4.69, 9.17) is 16.3 Å². The first kappa shape index (κ1) is 9.92. The van der Waals surface area contributed by atoms with Crippen molar-refractivity contribution in [1.82, 2.24) is 0 Å². The molecule has 10 heavy (non-hydrogen) atoms. The third-order valence-corrected chi connectivity index (χ3v) is 1.39. The van der Waals surface area contributed by atoms with Crippen LogP contribution in [0, 0.1) is 0 Å². The molecule has 0 amide bonds. The van der Waals surface area contributed by atoms with Crippen LogP contribution in [0.25, 0.3) is 0 Å². The Morgan fingerprint density at radius 1 is 1.60 bits per heavy atom. The zero-order chi connectivity index (χ0) is 7.98. The molecule has 0 aromatic heterocycles. The molecule has 0 saturated heterocycles. The Morgan fingerprint density at radius 3 is 2.50 bits per heavy atom. The van der Waals surface area contributed by atoms with E-state index in [1.807, 2.05) is 13.8 Å². The van der Waals surface area contributed by atoms with Crippen LogP contribution in [0.2, 0.25) is 0 Å². The van der Waals surface area contributed by atoms with Crippen molar-refractivity contribution < 1.29 is 9.53 Å². The zero-order valence-corrected chi connectivity index (χ0v) is 7.15. The molecular weight excluding hydrogens is 152 g/mol. The summed E-state index contributed by atoms with van der Waals surface area (Å²) in [6.45, 7) is 4.48. The second-order valence-corrected chi connectivity index (χ2v) is 2.44. The number of ether oxygens (including phenoxy) is 1. The predicted molar refractivity (Wildman–Crippen MR) is 41.2 cm³/mol. The van der Waals surface area contributed by atoms with Crippen molar-refractivity contribution in [2.24, 2.45) is 0 Å². The van der Waals surface area contributed by atoms with E-state index in [9.17, 15) is 4.79 Å². The standard InChI is InChI=1S/C7H13ClO2/c1-3-5-10-6(4-2)7(8)9/h6H,3-5H2,1-2H3. The van der Waals surface area contributed by atoms with Gasteiger partial charge in [-0.05, 0) is 24.4 Å². The molecule has 0 bridgehead atoms. The van der Waals surface area contributed by atoms with Gasteiger partial charge in [-0.2, -0.15) is 0 Å². The lowest BCUT2D eigenvalue weighted by molar-refractivity contribution is -0.122. The van der Waals surface area contributed by atoms with E-state index in [1.165, 1.54) is 0 Å². The van der Waals surface area contributed by atoms with Gasteiger partial charge in [-0.1, -0.05) is 13.8 Å². The smallest absolute Gasteiger partial charge is 0.250 e. The van der Waals surface area contributed by atoms with Crippen LogP contribution >= 0.6 is 11.6 Å². The second kappa shape index (κ2) is 5.69. The van der Waals surface area contributed by atoms with Crippen LogP contribution in [-0.4, -0.2) is 18.0 Å². The first-order valence-electron chi connectivity index (χ1n) is 3.53. The molecule has 0 fully saturated rings. The molecule has 0 N–H and O–H groups in total. The fraction of sp³-hybridized carbons (Fsp3) is 0.857. The minimum absolute atomic E-state index is 0.393. The van der Waals surface area contributed by atoms with Crippen molar-refractivity contribution >= 4 is 16.8 Å². The van der Waals surface area contributed by atoms with Crippen molar-refractivity contribution in [1.29, 1.82) is 0 Å². The van der Waals surface area contributed by atoms with E-state index < -0.39 is 11.3 Å². The molecule has 0 radical (unpaired) electrons. The Bertz CT molecular complexity index is 104. The lowest BCUT2D eigenvalue weighted by atomic mass is 10.3. The van der Waals surface area contributed by atoms with Gasteiger partial charge < -0.3 is 4.74 Å². The summed E-state index contributed by atoms with van der Waals surface area (Å²) in [7, 11) is 0. The number of hydrogen-bond acceptors (Lipinski definition) is 2. The number of carbonyl (C=O) groups excluding carboxylic acids is 1. The lowest BCUT2D eigenvalue weighted by Crippen LogP contribution is -2.19. The van der Waals surface area contributed by atoms with Crippen LogP contribution in [0.4, 0.5) is 0 Å². The van der Waals surface area contributed by atoms with Crippen molar-refractivity contribution in [3.8, 4) is 0 Å². The highest BCUT2D eigenvalue weighted by Crippen LogP contribution is 2.02. The maximum Gasteiger partial charge on any atom is 0.250 e. The number of hydrogen-bond donors (Lipinski definition) is 0. The van der Waals surface area contributed by atoms with E-state index in [0.717, 1.165) is 6.42 Å². The highest BCUT2D eigenvalue weighted by atomic mass is 35.5. The van der Waals surface area contributed by atoms with Crippen LogP contribution < -0.4 is 0 Å². The Hall–Kier alpha value is -0.0800. The molecule has 2 nitrogen and oxygen atoms in total. The third kappa shape index (κ3) is 3.85. The highest BCUT2D eigenvalue weighted by Gasteiger charge is 2.12. The monoisotopic (exact) mass is 164 g/mol. The predicted octanol–water partition coefficient (Wildman–Crippen LogP) is 1.96. The number of halogens is 1. The van der Waals surface area contributed by atoms with Gasteiger partial charge in [0, 0.05) is 6.61 Å². The van der Waals surface area contributed by atoms with Gasteiger partial charge in [0.15, 0.2) is 0 Å². The Balaban J connectivity index is 3.50. The van der Waals surface area contributed by atoms with Gasteiger partial charge >= 0.3 is 0 Å². The normalized spacial score (nSPS) is 13.1. The molecule has 3 heteroatoms. The average molecular weight is 165 g/mol. The van der Waals surface area contributed by atoms with Crippen LogP contribution in [0.3, 0.4) is 0 Å². The van der Waals surface area contributed by atoms with Gasteiger partial charge in [0.25, 0.3) is 0 Å². The molecule has 0 aliphatic heterocycles. The first-order valence-corrected chi connectivity index (χ1v) is 3.91. The van der Waals surface area contributed by atoms with Gasteiger partial charge in [0.1, 0.15) is 6.10 Å². The molecule has 0 heterocycles. The fourth-order valence-electron chi connectivity index (χ4n) is 0.604. The number of carbonyl (C=O) groups is 1. The van der Waals surface area contributed by atoms with Gasteiger partial charge in [-0.25, -0.2) is 0 Å². The van der Waals surface area contributed by atoms with E-state index in [-0.39, 0.29) is 0 Å².